The van der Waals surface area contributed by atoms with Crippen LogP contribution in [-0.4, -0.2) is 16.2 Å². The molecule has 0 amide bonds. The molecule has 0 heterocycles. The summed E-state index contributed by atoms with van der Waals surface area (Å²) in [5.74, 6) is -0.0101. The first-order valence-corrected chi connectivity index (χ1v) is 6.09. The molecule has 2 aliphatic carbocycles. The Morgan fingerprint density at radius 1 is 1.28 bits per heavy atom. The van der Waals surface area contributed by atoms with Crippen molar-refractivity contribution in [1.82, 2.24) is 0 Å². The molecule has 2 aliphatic rings. The van der Waals surface area contributed by atoms with Crippen LogP contribution in [0.2, 0.25) is 0 Å². The number of Topliss-reactive ketones (excluding diaryl/α,β-unsaturated/α-hetero) is 1. The van der Waals surface area contributed by atoms with Crippen LogP contribution in [0.5, 0.6) is 0 Å². The number of hydrogen-bond acceptors (Lipinski definition) is 3. The topological polar surface area (TPSA) is 60.2 Å². The Labute approximate surface area is 104 Å². The highest BCUT2D eigenvalue weighted by atomic mass is 16.6. The smallest absolute Gasteiger partial charge is 0.269 e. The van der Waals surface area contributed by atoms with Crippen molar-refractivity contribution in [3.8, 4) is 0 Å². The summed E-state index contributed by atoms with van der Waals surface area (Å²) in [6.07, 6.45) is 3.17. The molecule has 1 fully saturated rings. The Hall–Kier alpha value is -1.97. The van der Waals surface area contributed by atoms with Crippen LogP contribution in [0.4, 0.5) is 0 Å². The maximum absolute atomic E-state index is 11.4. The van der Waals surface area contributed by atoms with Crippen LogP contribution in [0.3, 0.4) is 0 Å². The first kappa shape index (κ1) is 11.1. The van der Waals surface area contributed by atoms with Crippen molar-refractivity contribution in [3.05, 3.63) is 52.1 Å². The first-order valence-electron chi connectivity index (χ1n) is 6.09. The zero-order chi connectivity index (χ0) is 12.8. The fraction of sp³-hybridized carbons (Fsp3) is 0.357. The molecule has 4 heteroatoms. The van der Waals surface area contributed by atoms with Crippen molar-refractivity contribution in [1.29, 1.82) is 0 Å². The van der Waals surface area contributed by atoms with Gasteiger partial charge in [0.25, 0.3) is 5.54 Å². The number of carbonyl (C=O) groups excluding carboxylic acids is 1. The van der Waals surface area contributed by atoms with Gasteiger partial charge in [0.05, 0.1) is 0 Å². The average Bonchev–Trinajstić information content (AvgIpc) is 3.00. The van der Waals surface area contributed by atoms with Crippen LogP contribution in [0.15, 0.2) is 36.4 Å². The molecule has 0 N–H and O–H groups in total. The lowest BCUT2D eigenvalue weighted by Crippen LogP contribution is -2.33. The van der Waals surface area contributed by atoms with Crippen LogP contribution >= 0.6 is 0 Å². The zero-order valence-corrected chi connectivity index (χ0v) is 9.83. The Morgan fingerprint density at radius 3 is 2.56 bits per heavy atom. The molecule has 0 aromatic heterocycles. The van der Waals surface area contributed by atoms with Crippen molar-refractivity contribution in [3.63, 3.8) is 0 Å². The third kappa shape index (κ3) is 1.49. The third-order valence-corrected chi connectivity index (χ3v) is 3.97. The first-order chi connectivity index (χ1) is 8.64. The van der Waals surface area contributed by atoms with Crippen LogP contribution in [0, 0.1) is 16.0 Å². The Morgan fingerprint density at radius 2 is 2.00 bits per heavy atom. The maximum atomic E-state index is 11.4. The largest absolute Gasteiger partial charge is 0.300 e. The lowest BCUT2D eigenvalue weighted by atomic mass is 9.89. The van der Waals surface area contributed by atoms with Crippen LogP contribution in [0.1, 0.15) is 24.8 Å². The minimum Gasteiger partial charge on any atom is -0.300 e. The van der Waals surface area contributed by atoms with Gasteiger partial charge in [-0.1, -0.05) is 30.3 Å². The molecule has 18 heavy (non-hydrogen) atoms. The van der Waals surface area contributed by atoms with E-state index in [0.29, 0.717) is 19.3 Å². The monoisotopic (exact) mass is 243 g/mol. The second kappa shape index (κ2) is 3.77. The van der Waals surface area contributed by atoms with E-state index in [2.05, 4.69) is 0 Å². The van der Waals surface area contributed by atoms with Crippen LogP contribution in [-0.2, 0) is 4.79 Å². The zero-order valence-electron chi connectivity index (χ0n) is 9.83. The molecule has 3 rings (SSSR count). The van der Waals surface area contributed by atoms with E-state index in [1.54, 1.807) is 6.08 Å². The Kier molecular flexibility index (Phi) is 2.33. The number of ketones is 1. The van der Waals surface area contributed by atoms with Crippen molar-refractivity contribution >= 4 is 11.4 Å². The van der Waals surface area contributed by atoms with E-state index >= 15 is 0 Å². The summed E-state index contributed by atoms with van der Waals surface area (Å²) in [5, 5.41) is 11.4. The molecular weight excluding hydrogens is 230 g/mol. The lowest BCUT2D eigenvalue weighted by Gasteiger charge is -2.16. The van der Waals surface area contributed by atoms with E-state index in [-0.39, 0.29) is 16.6 Å². The molecular formula is C14H13NO3. The van der Waals surface area contributed by atoms with E-state index in [4.69, 9.17) is 0 Å². The minimum atomic E-state index is -1.08. The molecule has 1 aromatic rings. The predicted octanol–water partition coefficient (Wildman–Crippen LogP) is 2.47. The van der Waals surface area contributed by atoms with E-state index in [9.17, 15) is 14.9 Å². The molecule has 0 bridgehead atoms. The summed E-state index contributed by atoms with van der Waals surface area (Å²) in [6.45, 7) is 0. The van der Waals surface area contributed by atoms with Gasteiger partial charge in [-0.15, -0.1) is 0 Å². The van der Waals surface area contributed by atoms with Gasteiger partial charge in [0.2, 0.25) is 0 Å². The molecule has 2 atom stereocenters. The molecule has 0 spiro atoms. The molecule has 0 saturated heterocycles. The summed E-state index contributed by atoms with van der Waals surface area (Å²) >= 11 is 0. The average molecular weight is 243 g/mol. The molecule has 0 unspecified atom stereocenters. The van der Waals surface area contributed by atoms with Crippen LogP contribution in [0.25, 0.3) is 5.57 Å². The molecule has 1 saturated carbocycles. The normalized spacial score (nSPS) is 30.1. The fourth-order valence-corrected chi connectivity index (χ4v) is 2.94. The minimum absolute atomic E-state index is 0.147. The summed E-state index contributed by atoms with van der Waals surface area (Å²) in [6, 6.07) is 9.40. The second-order valence-corrected chi connectivity index (χ2v) is 4.98. The maximum Gasteiger partial charge on any atom is 0.269 e. The summed E-state index contributed by atoms with van der Waals surface area (Å²) in [4.78, 5) is 22.5. The summed E-state index contributed by atoms with van der Waals surface area (Å²) in [5.41, 5.74) is 0.592. The highest BCUT2D eigenvalue weighted by Gasteiger charge is 2.63. The van der Waals surface area contributed by atoms with Crippen molar-refractivity contribution in [2.75, 3.05) is 0 Å². The number of benzene rings is 1. The fourth-order valence-electron chi connectivity index (χ4n) is 2.94. The SMILES string of the molecule is O=C1CC[C@@H]([C@@]2([N+](=O)[O-])C=C2c2ccccc2)C1. The standard InChI is InChI=1S/C14H13NO3/c16-12-7-6-11(8-12)14(15(17)18)9-13(14)10-4-2-1-3-5-10/h1-5,9,11H,6-8H2/t11-,14+/m1/s1. The van der Waals surface area contributed by atoms with Gasteiger partial charge in [0, 0.05) is 35.3 Å². The van der Waals surface area contributed by atoms with Gasteiger partial charge in [-0.05, 0) is 12.0 Å². The van der Waals surface area contributed by atoms with E-state index in [1.165, 1.54) is 0 Å². The number of carbonyl (C=O) groups is 1. The predicted molar refractivity (Wildman–Crippen MR) is 66.5 cm³/mol. The highest BCUT2D eigenvalue weighted by Crippen LogP contribution is 2.54. The van der Waals surface area contributed by atoms with Crippen LogP contribution < -0.4 is 0 Å². The molecule has 0 aliphatic heterocycles. The van der Waals surface area contributed by atoms with Gasteiger partial charge in [-0.3, -0.25) is 14.9 Å². The number of nitrogens with zero attached hydrogens (tertiary/aromatic N) is 1. The quantitative estimate of drug-likeness (QED) is 0.605. The second-order valence-electron chi connectivity index (χ2n) is 4.98. The van der Waals surface area contributed by atoms with Crippen molar-refractivity contribution in [2.45, 2.75) is 24.8 Å². The van der Waals surface area contributed by atoms with Gasteiger partial charge in [-0.2, -0.15) is 0 Å². The van der Waals surface area contributed by atoms with Crippen molar-refractivity contribution in [2.24, 2.45) is 5.92 Å². The van der Waals surface area contributed by atoms with Gasteiger partial charge in [-0.25, -0.2) is 0 Å². The molecule has 92 valence electrons. The van der Waals surface area contributed by atoms with Gasteiger partial charge in [0.1, 0.15) is 5.78 Å². The summed E-state index contributed by atoms with van der Waals surface area (Å²) < 4.78 is 0. The van der Waals surface area contributed by atoms with Crippen molar-refractivity contribution < 1.29 is 9.72 Å². The van der Waals surface area contributed by atoms with E-state index in [0.717, 1.165) is 11.1 Å². The number of nitro groups is 1. The Balaban J connectivity index is 1.90. The third-order valence-electron chi connectivity index (χ3n) is 3.97. The van der Waals surface area contributed by atoms with E-state index < -0.39 is 5.54 Å². The number of rotatable bonds is 3. The van der Waals surface area contributed by atoms with Gasteiger partial charge >= 0.3 is 0 Å². The van der Waals surface area contributed by atoms with Gasteiger partial charge in [0.15, 0.2) is 0 Å². The molecule has 1 aromatic carbocycles. The highest BCUT2D eigenvalue weighted by molar-refractivity contribution is 5.90. The molecule has 4 nitrogen and oxygen atoms in total. The lowest BCUT2D eigenvalue weighted by molar-refractivity contribution is -0.536. The Bertz CT molecular complexity index is 549. The van der Waals surface area contributed by atoms with Gasteiger partial charge < -0.3 is 0 Å². The number of hydrogen-bond donors (Lipinski definition) is 0. The molecule has 0 radical (unpaired) electrons. The summed E-state index contributed by atoms with van der Waals surface area (Å²) in [7, 11) is 0. The van der Waals surface area contributed by atoms with E-state index in [1.807, 2.05) is 30.3 Å².